The lowest BCUT2D eigenvalue weighted by atomic mass is 9.99. The number of ether oxygens (including phenoxy) is 2. The van der Waals surface area contributed by atoms with Gasteiger partial charge in [-0.2, -0.15) is 0 Å². The van der Waals surface area contributed by atoms with Crippen molar-refractivity contribution < 1.29 is 27.8 Å². The standard InChI is InChI=1S/C12H13F3O3/c13-12(14,15)18-10-3-1-2-8(6-10)11-7-9(16)4-5-17-11/h1-3,6,9,11,16H,4-5,7H2. The van der Waals surface area contributed by atoms with Crippen LogP contribution in [0.3, 0.4) is 0 Å². The van der Waals surface area contributed by atoms with Crippen molar-refractivity contribution in [2.45, 2.75) is 31.4 Å². The molecule has 1 aliphatic rings. The van der Waals surface area contributed by atoms with Gasteiger partial charge in [-0.15, -0.1) is 13.2 Å². The maximum absolute atomic E-state index is 12.1. The molecule has 0 radical (unpaired) electrons. The van der Waals surface area contributed by atoms with Crippen LogP contribution >= 0.6 is 0 Å². The summed E-state index contributed by atoms with van der Waals surface area (Å²) in [5, 5.41) is 9.51. The predicted octanol–water partition coefficient (Wildman–Crippen LogP) is 2.80. The third-order valence-electron chi connectivity index (χ3n) is 2.72. The van der Waals surface area contributed by atoms with Gasteiger partial charge in [0, 0.05) is 13.0 Å². The van der Waals surface area contributed by atoms with Crippen molar-refractivity contribution >= 4 is 0 Å². The molecular formula is C12H13F3O3. The highest BCUT2D eigenvalue weighted by atomic mass is 19.4. The molecule has 6 heteroatoms. The zero-order valence-electron chi connectivity index (χ0n) is 9.48. The first-order chi connectivity index (χ1) is 8.44. The Balaban J connectivity index is 2.11. The van der Waals surface area contributed by atoms with Crippen molar-refractivity contribution in [3.05, 3.63) is 29.8 Å². The van der Waals surface area contributed by atoms with Gasteiger partial charge < -0.3 is 14.6 Å². The van der Waals surface area contributed by atoms with Crippen LogP contribution in [0, 0.1) is 0 Å². The summed E-state index contributed by atoms with van der Waals surface area (Å²) in [6.07, 6.45) is -4.63. The third kappa shape index (κ3) is 3.61. The van der Waals surface area contributed by atoms with E-state index in [1.165, 1.54) is 18.2 Å². The highest BCUT2D eigenvalue weighted by Gasteiger charge is 2.31. The number of rotatable bonds is 2. The van der Waals surface area contributed by atoms with Gasteiger partial charge in [0.25, 0.3) is 0 Å². The minimum absolute atomic E-state index is 0.274. The lowest BCUT2D eigenvalue weighted by molar-refractivity contribution is -0.274. The molecule has 1 heterocycles. The molecule has 1 fully saturated rings. The average molecular weight is 262 g/mol. The van der Waals surface area contributed by atoms with Crippen LogP contribution in [0.4, 0.5) is 13.2 Å². The summed E-state index contributed by atoms with van der Waals surface area (Å²) >= 11 is 0. The minimum atomic E-state index is -4.70. The number of aliphatic hydroxyl groups is 1. The van der Waals surface area contributed by atoms with Gasteiger partial charge in [-0.05, 0) is 24.1 Å². The zero-order valence-corrected chi connectivity index (χ0v) is 9.48. The molecular weight excluding hydrogens is 249 g/mol. The first-order valence-corrected chi connectivity index (χ1v) is 5.59. The van der Waals surface area contributed by atoms with Gasteiger partial charge in [0.05, 0.1) is 12.2 Å². The topological polar surface area (TPSA) is 38.7 Å². The fourth-order valence-electron chi connectivity index (χ4n) is 1.92. The van der Waals surface area contributed by atoms with Crippen molar-refractivity contribution in [1.82, 2.24) is 0 Å². The molecule has 3 nitrogen and oxygen atoms in total. The number of alkyl halides is 3. The molecule has 0 bridgehead atoms. The second kappa shape index (κ2) is 5.16. The normalized spacial score (nSPS) is 24.9. The largest absolute Gasteiger partial charge is 0.573 e. The van der Waals surface area contributed by atoms with Gasteiger partial charge in [-0.1, -0.05) is 12.1 Å². The number of hydrogen-bond acceptors (Lipinski definition) is 3. The summed E-state index contributed by atoms with van der Waals surface area (Å²) in [6.45, 7) is 0.399. The molecule has 0 saturated carbocycles. The van der Waals surface area contributed by atoms with Crippen molar-refractivity contribution in [2.75, 3.05) is 6.61 Å². The Bertz CT molecular complexity index is 406. The van der Waals surface area contributed by atoms with Crippen LogP contribution in [0.15, 0.2) is 24.3 Å². The Morgan fingerprint density at radius 2 is 2.11 bits per heavy atom. The van der Waals surface area contributed by atoms with Crippen LogP contribution in [-0.2, 0) is 4.74 Å². The fourth-order valence-corrected chi connectivity index (χ4v) is 1.92. The molecule has 18 heavy (non-hydrogen) atoms. The molecule has 2 rings (SSSR count). The maximum atomic E-state index is 12.1. The van der Waals surface area contributed by atoms with E-state index in [2.05, 4.69) is 4.74 Å². The quantitative estimate of drug-likeness (QED) is 0.890. The molecule has 1 saturated heterocycles. The first kappa shape index (κ1) is 13.2. The molecule has 0 amide bonds. The van der Waals surface area contributed by atoms with Crippen molar-refractivity contribution in [1.29, 1.82) is 0 Å². The van der Waals surface area contributed by atoms with E-state index in [0.717, 1.165) is 0 Å². The third-order valence-corrected chi connectivity index (χ3v) is 2.72. The van der Waals surface area contributed by atoms with E-state index in [9.17, 15) is 18.3 Å². The van der Waals surface area contributed by atoms with Crippen LogP contribution < -0.4 is 4.74 Å². The van der Waals surface area contributed by atoms with Gasteiger partial charge in [0.15, 0.2) is 0 Å². The van der Waals surface area contributed by atoms with Gasteiger partial charge >= 0.3 is 6.36 Å². The SMILES string of the molecule is OC1CCOC(c2cccc(OC(F)(F)F)c2)C1. The molecule has 2 atom stereocenters. The molecule has 0 aromatic heterocycles. The molecule has 0 aliphatic carbocycles. The number of halogens is 3. The van der Waals surface area contributed by atoms with Crippen molar-refractivity contribution in [3.8, 4) is 5.75 Å². The van der Waals surface area contributed by atoms with Crippen LogP contribution in [0.1, 0.15) is 24.5 Å². The summed E-state index contributed by atoms with van der Waals surface area (Å²) in [5.41, 5.74) is 0.579. The van der Waals surface area contributed by atoms with Crippen LogP contribution in [0.5, 0.6) is 5.75 Å². The van der Waals surface area contributed by atoms with Crippen LogP contribution in [0.2, 0.25) is 0 Å². The lowest BCUT2D eigenvalue weighted by Gasteiger charge is -2.27. The molecule has 1 aromatic carbocycles. The maximum Gasteiger partial charge on any atom is 0.573 e. The Morgan fingerprint density at radius 1 is 1.33 bits per heavy atom. The highest BCUT2D eigenvalue weighted by Crippen LogP contribution is 2.31. The Hall–Kier alpha value is -1.27. The molecule has 2 unspecified atom stereocenters. The van der Waals surface area contributed by atoms with E-state index in [-0.39, 0.29) is 11.9 Å². The van der Waals surface area contributed by atoms with Crippen LogP contribution in [-0.4, -0.2) is 24.2 Å². The Morgan fingerprint density at radius 3 is 2.78 bits per heavy atom. The Labute approximate surface area is 102 Å². The van der Waals surface area contributed by atoms with Gasteiger partial charge in [0.1, 0.15) is 5.75 Å². The number of aliphatic hydroxyl groups excluding tert-OH is 1. The van der Waals surface area contributed by atoms with Crippen LogP contribution in [0.25, 0.3) is 0 Å². The zero-order chi connectivity index (χ0) is 13.2. The summed E-state index contributed by atoms with van der Waals surface area (Å²) in [4.78, 5) is 0. The second-order valence-electron chi connectivity index (χ2n) is 4.16. The van der Waals surface area contributed by atoms with Crippen molar-refractivity contribution in [2.24, 2.45) is 0 Å². The second-order valence-corrected chi connectivity index (χ2v) is 4.16. The lowest BCUT2D eigenvalue weighted by Crippen LogP contribution is -2.23. The molecule has 1 aromatic rings. The number of hydrogen-bond donors (Lipinski definition) is 1. The summed E-state index contributed by atoms with van der Waals surface area (Å²) in [7, 11) is 0. The molecule has 100 valence electrons. The van der Waals surface area contributed by atoms with E-state index in [1.54, 1.807) is 6.07 Å². The van der Waals surface area contributed by atoms with Gasteiger partial charge in [0.2, 0.25) is 0 Å². The monoisotopic (exact) mass is 262 g/mol. The van der Waals surface area contributed by atoms with E-state index in [0.29, 0.717) is 25.0 Å². The average Bonchev–Trinajstić information content (AvgIpc) is 2.27. The van der Waals surface area contributed by atoms with Gasteiger partial charge in [-0.3, -0.25) is 0 Å². The summed E-state index contributed by atoms with van der Waals surface area (Å²) < 4.78 is 45.5. The summed E-state index contributed by atoms with van der Waals surface area (Å²) in [5.74, 6) is -0.274. The minimum Gasteiger partial charge on any atom is -0.406 e. The summed E-state index contributed by atoms with van der Waals surface area (Å²) in [6, 6.07) is 5.65. The van der Waals surface area contributed by atoms with E-state index >= 15 is 0 Å². The first-order valence-electron chi connectivity index (χ1n) is 5.59. The van der Waals surface area contributed by atoms with E-state index < -0.39 is 12.5 Å². The highest BCUT2D eigenvalue weighted by molar-refractivity contribution is 5.30. The molecule has 1 N–H and O–H groups in total. The Kier molecular flexibility index (Phi) is 3.77. The molecule has 1 aliphatic heterocycles. The smallest absolute Gasteiger partial charge is 0.406 e. The predicted molar refractivity (Wildman–Crippen MR) is 57.1 cm³/mol. The van der Waals surface area contributed by atoms with E-state index in [1.807, 2.05) is 0 Å². The fraction of sp³-hybridized carbons (Fsp3) is 0.500. The van der Waals surface area contributed by atoms with Crippen molar-refractivity contribution in [3.63, 3.8) is 0 Å². The van der Waals surface area contributed by atoms with E-state index in [4.69, 9.17) is 4.74 Å². The van der Waals surface area contributed by atoms with Gasteiger partial charge in [-0.25, -0.2) is 0 Å². The molecule has 0 spiro atoms. The number of benzene rings is 1.